The highest BCUT2D eigenvalue weighted by atomic mass is 35.5. The van der Waals surface area contributed by atoms with Crippen molar-refractivity contribution in [3.05, 3.63) is 86.1 Å². The zero-order valence-corrected chi connectivity index (χ0v) is 16.9. The molecular weight excluding hydrogens is 449 g/mol. The number of halogens is 2. The average Bonchev–Trinajstić information content (AvgIpc) is 2.76. The monoisotopic (exact) mass is 461 g/mol. The molecule has 1 aromatic heterocycles. The molecule has 0 bridgehead atoms. The Labute approximate surface area is 184 Å². The molecule has 0 saturated heterocycles. The molecule has 0 aliphatic rings. The first-order chi connectivity index (χ1) is 14.9. The Morgan fingerprint density at radius 2 is 1.52 bits per heavy atom. The second kappa shape index (κ2) is 9.69. The van der Waals surface area contributed by atoms with Crippen LogP contribution in [-0.4, -0.2) is 26.7 Å². The van der Waals surface area contributed by atoms with Crippen molar-refractivity contribution >= 4 is 52.3 Å². The molecule has 0 radical (unpaired) electrons. The molecule has 0 fully saturated rings. The van der Waals surface area contributed by atoms with Crippen LogP contribution in [-0.2, 0) is 0 Å². The van der Waals surface area contributed by atoms with Gasteiger partial charge in [-0.15, -0.1) is 0 Å². The van der Waals surface area contributed by atoms with Crippen LogP contribution in [0.1, 0.15) is 20.7 Å². The lowest BCUT2D eigenvalue weighted by molar-refractivity contribution is -0.383. The van der Waals surface area contributed by atoms with Gasteiger partial charge in [-0.2, -0.15) is 0 Å². The van der Waals surface area contributed by atoms with Gasteiger partial charge in [-0.3, -0.25) is 41.4 Å². The van der Waals surface area contributed by atoms with E-state index in [1.54, 1.807) is 30.3 Å². The molecule has 158 valence electrons. The van der Waals surface area contributed by atoms with Gasteiger partial charge in [-0.1, -0.05) is 41.4 Å². The molecule has 0 saturated carbocycles. The molecule has 31 heavy (non-hydrogen) atoms. The van der Waals surface area contributed by atoms with Crippen molar-refractivity contribution in [1.82, 2.24) is 20.8 Å². The Balaban J connectivity index is 1.74. The Bertz CT molecular complexity index is 1150. The summed E-state index contributed by atoms with van der Waals surface area (Å²) in [6, 6.07) is 12.4. The van der Waals surface area contributed by atoms with Crippen molar-refractivity contribution in [2.24, 2.45) is 0 Å². The van der Waals surface area contributed by atoms with Crippen LogP contribution in [0.3, 0.4) is 0 Å². The highest BCUT2D eigenvalue weighted by Crippen LogP contribution is 2.28. The lowest BCUT2D eigenvalue weighted by Gasteiger charge is -2.12. The second-order valence-corrected chi connectivity index (χ2v) is 6.67. The van der Waals surface area contributed by atoms with E-state index in [1.165, 1.54) is 18.2 Å². The lowest BCUT2D eigenvalue weighted by Crippen LogP contribution is -2.32. The zero-order valence-electron chi connectivity index (χ0n) is 15.4. The number of amides is 2. The minimum atomic E-state index is -0.777. The van der Waals surface area contributed by atoms with Crippen LogP contribution >= 0.6 is 23.2 Å². The number of nitrogens with one attached hydrogen (secondary N) is 4. The van der Waals surface area contributed by atoms with Crippen molar-refractivity contribution in [3.8, 4) is 0 Å². The van der Waals surface area contributed by atoms with Gasteiger partial charge in [0.15, 0.2) is 0 Å². The van der Waals surface area contributed by atoms with Gasteiger partial charge in [-0.25, -0.2) is 9.97 Å². The van der Waals surface area contributed by atoms with E-state index in [-0.39, 0.29) is 22.2 Å². The fourth-order valence-corrected chi connectivity index (χ4v) is 2.86. The molecule has 1 heterocycles. The van der Waals surface area contributed by atoms with Gasteiger partial charge in [0.2, 0.25) is 11.6 Å². The van der Waals surface area contributed by atoms with Gasteiger partial charge in [0, 0.05) is 10.6 Å². The van der Waals surface area contributed by atoms with Gasteiger partial charge in [0.25, 0.3) is 11.8 Å². The van der Waals surface area contributed by atoms with Crippen LogP contribution < -0.4 is 21.7 Å². The second-order valence-electron chi connectivity index (χ2n) is 5.83. The normalized spacial score (nSPS) is 10.1. The minimum Gasteiger partial charge on any atom is -0.276 e. The summed E-state index contributed by atoms with van der Waals surface area (Å²) in [5.41, 5.74) is 9.12. The number of carbonyl (C=O) groups is 2. The van der Waals surface area contributed by atoms with Crippen LogP contribution in [0.4, 0.5) is 17.3 Å². The Morgan fingerprint density at radius 3 is 2.10 bits per heavy atom. The maximum atomic E-state index is 12.3. The highest BCUT2D eigenvalue weighted by molar-refractivity contribution is 6.36. The molecule has 3 rings (SSSR count). The number of nitrogens with zero attached hydrogens (tertiary/aromatic N) is 3. The molecule has 2 aromatic carbocycles. The first-order valence-corrected chi connectivity index (χ1v) is 9.24. The van der Waals surface area contributed by atoms with Crippen molar-refractivity contribution < 1.29 is 14.5 Å². The number of hydrogen-bond acceptors (Lipinski definition) is 8. The maximum Gasteiger partial charge on any atom is 0.356 e. The van der Waals surface area contributed by atoms with E-state index in [0.29, 0.717) is 10.6 Å². The fourth-order valence-electron chi connectivity index (χ4n) is 2.37. The van der Waals surface area contributed by atoms with E-state index < -0.39 is 22.4 Å². The molecule has 0 aliphatic carbocycles. The van der Waals surface area contributed by atoms with Crippen LogP contribution in [0.25, 0.3) is 0 Å². The summed E-state index contributed by atoms with van der Waals surface area (Å²) in [5, 5.41) is 12.0. The molecule has 2 amide bonds. The van der Waals surface area contributed by atoms with Gasteiger partial charge in [0.05, 0.1) is 15.5 Å². The van der Waals surface area contributed by atoms with Crippen molar-refractivity contribution in [1.29, 1.82) is 0 Å². The Kier molecular flexibility index (Phi) is 6.80. The third-order valence-corrected chi connectivity index (χ3v) is 4.35. The number of benzene rings is 2. The van der Waals surface area contributed by atoms with E-state index in [1.807, 2.05) is 0 Å². The summed E-state index contributed by atoms with van der Waals surface area (Å²) >= 11 is 11.8. The van der Waals surface area contributed by atoms with Gasteiger partial charge < -0.3 is 0 Å². The van der Waals surface area contributed by atoms with Crippen LogP contribution in [0, 0.1) is 10.1 Å². The molecule has 0 atom stereocenters. The molecule has 0 unspecified atom stereocenters. The summed E-state index contributed by atoms with van der Waals surface area (Å²) in [4.78, 5) is 42.7. The zero-order chi connectivity index (χ0) is 22.4. The SMILES string of the molecule is O=C(NNc1ncnc(NNC(=O)c2ccc(Cl)cc2Cl)c1[N+](=O)[O-])c1ccccc1. The highest BCUT2D eigenvalue weighted by Gasteiger charge is 2.24. The Morgan fingerprint density at radius 1 is 0.903 bits per heavy atom. The van der Waals surface area contributed by atoms with Crippen LogP contribution in [0.2, 0.25) is 10.0 Å². The van der Waals surface area contributed by atoms with Crippen molar-refractivity contribution in [3.63, 3.8) is 0 Å². The molecule has 0 spiro atoms. The predicted molar refractivity (Wildman–Crippen MR) is 114 cm³/mol. The number of hydrogen-bond donors (Lipinski definition) is 4. The summed E-state index contributed by atoms with van der Waals surface area (Å²) in [7, 11) is 0. The van der Waals surface area contributed by atoms with E-state index in [4.69, 9.17) is 23.2 Å². The average molecular weight is 462 g/mol. The predicted octanol–water partition coefficient (Wildman–Crippen LogP) is 3.21. The van der Waals surface area contributed by atoms with Crippen LogP contribution in [0.5, 0.6) is 0 Å². The van der Waals surface area contributed by atoms with E-state index in [0.717, 1.165) is 6.33 Å². The number of hydrazine groups is 2. The van der Waals surface area contributed by atoms with Gasteiger partial charge in [0.1, 0.15) is 6.33 Å². The smallest absolute Gasteiger partial charge is 0.276 e. The number of anilines is 2. The first kappa shape index (κ1) is 21.7. The fraction of sp³-hybridized carbons (Fsp3) is 0. The summed E-state index contributed by atoms with van der Waals surface area (Å²) in [5.74, 6) is -1.84. The van der Waals surface area contributed by atoms with Gasteiger partial charge >= 0.3 is 5.69 Å². The minimum absolute atomic E-state index is 0.0868. The van der Waals surface area contributed by atoms with E-state index in [9.17, 15) is 19.7 Å². The standard InChI is InChI=1S/C18H13Cl2N7O4/c19-11-6-7-12(13(20)8-11)18(29)26-24-16-14(27(30)31)15(21-9-22-16)23-25-17(28)10-4-2-1-3-5-10/h1-9H,(H,25,28)(H,26,29)(H2,21,22,23,24). The maximum absolute atomic E-state index is 12.3. The topological polar surface area (TPSA) is 151 Å². The molecule has 4 N–H and O–H groups in total. The van der Waals surface area contributed by atoms with E-state index >= 15 is 0 Å². The number of aromatic nitrogens is 2. The largest absolute Gasteiger partial charge is 0.356 e. The first-order valence-electron chi connectivity index (χ1n) is 8.49. The summed E-state index contributed by atoms with van der Waals surface area (Å²) < 4.78 is 0. The lowest BCUT2D eigenvalue weighted by atomic mass is 10.2. The molecule has 0 aliphatic heterocycles. The third-order valence-electron chi connectivity index (χ3n) is 3.81. The molecule has 13 heteroatoms. The Hall–Kier alpha value is -3.96. The third kappa shape index (κ3) is 5.35. The number of carbonyl (C=O) groups excluding carboxylic acids is 2. The molecule has 11 nitrogen and oxygen atoms in total. The quantitative estimate of drug-likeness (QED) is 0.309. The summed E-state index contributed by atoms with van der Waals surface area (Å²) in [6.45, 7) is 0. The van der Waals surface area contributed by atoms with Crippen LogP contribution in [0.15, 0.2) is 54.9 Å². The van der Waals surface area contributed by atoms with Crippen molar-refractivity contribution in [2.75, 3.05) is 10.9 Å². The summed E-state index contributed by atoms with van der Waals surface area (Å²) in [6.07, 6.45) is 1.01. The van der Waals surface area contributed by atoms with Gasteiger partial charge in [-0.05, 0) is 30.3 Å². The molecule has 3 aromatic rings. The number of nitro groups is 1. The molecular formula is C18H13Cl2N7O4. The van der Waals surface area contributed by atoms with Crippen molar-refractivity contribution in [2.45, 2.75) is 0 Å². The van der Waals surface area contributed by atoms with E-state index in [2.05, 4.69) is 31.7 Å². The number of rotatable bonds is 7.